The number of benzene rings is 2. The van der Waals surface area contributed by atoms with Gasteiger partial charge in [-0.25, -0.2) is 4.39 Å². The number of rotatable bonds is 14. The van der Waals surface area contributed by atoms with Crippen molar-refractivity contribution in [1.29, 1.82) is 0 Å². The summed E-state index contributed by atoms with van der Waals surface area (Å²) in [5, 5.41) is 2.96. The maximum Gasteiger partial charge on any atom is 0.269 e. The molecule has 2 rings (SSSR count). The molecule has 0 heterocycles. The lowest BCUT2D eigenvalue weighted by Gasteiger charge is -2.16. The van der Waals surface area contributed by atoms with Crippen LogP contribution in [-0.2, 0) is 4.79 Å². The van der Waals surface area contributed by atoms with Crippen LogP contribution < -0.4 is 10.1 Å². The summed E-state index contributed by atoms with van der Waals surface area (Å²) in [5.74, 6) is 0.678. The summed E-state index contributed by atoms with van der Waals surface area (Å²) in [4.78, 5) is 19.3. The minimum absolute atomic E-state index is 0.204. The third-order valence-electron chi connectivity index (χ3n) is 5.13. The van der Waals surface area contributed by atoms with Gasteiger partial charge in [-0.05, 0) is 87.1 Å². The van der Waals surface area contributed by atoms with Crippen LogP contribution in [-0.4, -0.2) is 43.7 Å². The highest BCUT2D eigenvalue weighted by atomic mass is 19.1. The van der Waals surface area contributed by atoms with Gasteiger partial charge < -0.3 is 15.0 Å². The molecule has 0 aliphatic carbocycles. The molecule has 0 saturated carbocycles. The summed E-state index contributed by atoms with van der Waals surface area (Å²) in [6.45, 7) is 6.51. The molecule has 0 unspecified atom stereocenters. The summed E-state index contributed by atoms with van der Waals surface area (Å²) >= 11 is 0. The molecule has 1 N–H and O–H groups in total. The third-order valence-corrected chi connectivity index (χ3v) is 5.13. The van der Waals surface area contributed by atoms with E-state index in [0.29, 0.717) is 23.7 Å². The Kier molecular flexibility index (Phi) is 12.4. The van der Waals surface area contributed by atoms with Crippen LogP contribution in [0.25, 0.3) is 0 Å². The van der Waals surface area contributed by atoms with Gasteiger partial charge in [0.25, 0.3) is 5.91 Å². The number of allylic oxidation sites excluding steroid dienone is 3. The Hall–Kier alpha value is -3.25. The van der Waals surface area contributed by atoms with Gasteiger partial charge >= 0.3 is 0 Å². The highest BCUT2D eigenvalue weighted by Crippen LogP contribution is 2.21. The number of aliphatic imine (C=N–C) groups is 1. The highest BCUT2D eigenvalue weighted by molar-refractivity contribution is 5.96. The zero-order valence-electron chi connectivity index (χ0n) is 20.5. The van der Waals surface area contributed by atoms with Crippen molar-refractivity contribution in [1.82, 2.24) is 10.2 Å². The predicted molar refractivity (Wildman–Crippen MR) is 138 cm³/mol. The molecule has 1 amide bonds. The molecule has 0 aliphatic heterocycles. The lowest BCUT2D eigenvalue weighted by molar-refractivity contribution is -0.117. The average molecular weight is 466 g/mol. The van der Waals surface area contributed by atoms with E-state index in [9.17, 15) is 9.18 Å². The van der Waals surface area contributed by atoms with Crippen LogP contribution in [0.15, 0.2) is 77.4 Å². The minimum atomic E-state index is -0.306. The Labute approximate surface area is 203 Å². The number of nitrogens with one attached hydrogen (secondary N) is 1. The molecule has 2 aromatic carbocycles. The molecular formula is C28H36FN3O2. The van der Waals surface area contributed by atoms with Gasteiger partial charge in [-0.2, -0.15) is 0 Å². The first-order valence-electron chi connectivity index (χ1n) is 11.9. The quantitative estimate of drug-likeness (QED) is 0.158. The van der Waals surface area contributed by atoms with Crippen LogP contribution in [0.5, 0.6) is 11.5 Å². The molecule has 0 bridgehead atoms. The standard InChI is InChI=1S/C28H36FN3O2/c1-4-6-8-9-20-32(3)21-19-30-28(33)27(10-7-5-2)31-22-23-11-15-25(16-12-23)34-26-17-13-24(29)14-18-26/h5,7,10-18,22H,4,6,8-9,19-21H2,1-3H3,(H,30,33)/b7-5-,27-10-,31-22+. The second kappa shape index (κ2) is 15.6. The van der Waals surface area contributed by atoms with Crippen molar-refractivity contribution in [2.45, 2.75) is 39.5 Å². The largest absolute Gasteiger partial charge is 0.457 e. The van der Waals surface area contributed by atoms with Gasteiger partial charge in [0.1, 0.15) is 23.0 Å². The number of amides is 1. The Bertz CT molecular complexity index is 951. The fourth-order valence-corrected chi connectivity index (χ4v) is 3.14. The fraction of sp³-hybridized carbons (Fsp3) is 0.357. The molecule has 0 radical (unpaired) electrons. The van der Waals surface area contributed by atoms with Crippen molar-refractivity contribution in [3.05, 3.63) is 83.8 Å². The molecule has 6 heteroatoms. The number of unbranched alkanes of at least 4 members (excludes halogenated alkanes) is 3. The van der Waals surface area contributed by atoms with Gasteiger partial charge in [0, 0.05) is 19.3 Å². The van der Waals surface area contributed by atoms with Crippen molar-refractivity contribution >= 4 is 12.1 Å². The van der Waals surface area contributed by atoms with Crippen molar-refractivity contribution < 1.29 is 13.9 Å². The maximum absolute atomic E-state index is 13.0. The SMILES string of the molecule is C\C=C/C=C(\N=C\c1ccc(Oc2ccc(F)cc2)cc1)C(=O)NCCN(C)CCCCCC. The van der Waals surface area contributed by atoms with E-state index in [2.05, 4.69) is 29.2 Å². The van der Waals surface area contributed by atoms with E-state index >= 15 is 0 Å². The molecule has 0 atom stereocenters. The normalized spacial score (nSPS) is 12.1. The molecule has 0 spiro atoms. The average Bonchev–Trinajstić information content (AvgIpc) is 2.84. The number of carbonyl (C=O) groups is 1. The molecule has 5 nitrogen and oxygen atoms in total. The highest BCUT2D eigenvalue weighted by Gasteiger charge is 2.07. The Morgan fingerprint density at radius 2 is 1.71 bits per heavy atom. The second-order valence-electron chi connectivity index (χ2n) is 8.08. The summed E-state index contributed by atoms with van der Waals surface area (Å²) in [6, 6.07) is 13.2. The fourth-order valence-electron chi connectivity index (χ4n) is 3.14. The number of hydrogen-bond donors (Lipinski definition) is 1. The number of carbonyl (C=O) groups excluding carboxylic acids is 1. The van der Waals surface area contributed by atoms with Gasteiger partial charge in [-0.3, -0.25) is 9.79 Å². The van der Waals surface area contributed by atoms with E-state index < -0.39 is 0 Å². The summed E-state index contributed by atoms with van der Waals surface area (Å²) in [5.41, 5.74) is 1.17. The molecule has 0 saturated heterocycles. The molecule has 2 aromatic rings. The van der Waals surface area contributed by atoms with Crippen molar-refractivity contribution in [3.63, 3.8) is 0 Å². The van der Waals surface area contributed by atoms with Gasteiger partial charge in [-0.1, -0.05) is 38.3 Å². The van der Waals surface area contributed by atoms with Crippen molar-refractivity contribution in [3.8, 4) is 11.5 Å². The van der Waals surface area contributed by atoms with Gasteiger partial charge in [0.15, 0.2) is 0 Å². The van der Waals surface area contributed by atoms with E-state index in [1.165, 1.54) is 37.8 Å². The molecule has 34 heavy (non-hydrogen) atoms. The van der Waals surface area contributed by atoms with E-state index in [0.717, 1.165) is 18.7 Å². The maximum atomic E-state index is 13.0. The zero-order valence-corrected chi connectivity index (χ0v) is 20.5. The lowest BCUT2D eigenvalue weighted by atomic mass is 10.2. The first-order valence-corrected chi connectivity index (χ1v) is 11.9. The molecule has 0 fully saturated rings. The summed E-state index contributed by atoms with van der Waals surface area (Å²) < 4.78 is 18.7. The number of halogens is 1. The number of likely N-dealkylation sites (N-methyl/N-ethyl adjacent to an activating group) is 1. The van der Waals surface area contributed by atoms with E-state index in [-0.39, 0.29) is 11.7 Å². The van der Waals surface area contributed by atoms with E-state index in [1.807, 2.05) is 25.1 Å². The van der Waals surface area contributed by atoms with Crippen molar-refractivity contribution in [2.75, 3.05) is 26.7 Å². The van der Waals surface area contributed by atoms with Gasteiger partial charge in [-0.15, -0.1) is 0 Å². The Morgan fingerprint density at radius 3 is 2.35 bits per heavy atom. The monoisotopic (exact) mass is 465 g/mol. The number of hydrogen-bond acceptors (Lipinski definition) is 4. The van der Waals surface area contributed by atoms with Crippen LogP contribution in [0.1, 0.15) is 45.1 Å². The summed E-state index contributed by atoms with van der Waals surface area (Å²) in [6.07, 6.45) is 11.9. The van der Waals surface area contributed by atoms with Crippen molar-refractivity contribution in [2.24, 2.45) is 4.99 Å². The minimum Gasteiger partial charge on any atom is -0.457 e. The van der Waals surface area contributed by atoms with Crippen LogP contribution in [0.3, 0.4) is 0 Å². The lowest BCUT2D eigenvalue weighted by Crippen LogP contribution is -2.34. The van der Waals surface area contributed by atoms with Crippen LogP contribution >= 0.6 is 0 Å². The van der Waals surface area contributed by atoms with Crippen LogP contribution in [0.4, 0.5) is 4.39 Å². The Morgan fingerprint density at radius 1 is 1.03 bits per heavy atom. The van der Waals surface area contributed by atoms with Crippen LogP contribution in [0, 0.1) is 5.82 Å². The first kappa shape index (κ1) is 27.0. The predicted octanol–water partition coefficient (Wildman–Crippen LogP) is 6.13. The molecule has 0 aromatic heterocycles. The number of nitrogens with zero attached hydrogens (tertiary/aromatic N) is 2. The van der Waals surface area contributed by atoms with Crippen LogP contribution in [0.2, 0.25) is 0 Å². The second-order valence-corrected chi connectivity index (χ2v) is 8.08. The third kappa shape index (κ3) is 10.6. The number of ether oxygens (including phenoxy) is 1. The molecule has 0 aliphatic rings. The molecular weight excluding hydrogens is 429 g/mol. The Balaban J connectivity index is 1.89. The van der Waals surface area contributed by atoms with E-state index in [4.69, 9.17) is 4.74 Å². The van der Waals surface area contributed by atoms with Gasteiger partial charge in [0.2, 0.25) is 0 Å². The van der Waals surface area contributed by atoms with E-state index in [1.54, 1.807) is 42.6 Å². The zero-order chi connectivity index (χ0) is 24.6. The van der Waals surface area contributed by atoms with Gasteiger partial charge in [0.05, 0.1) is 0 Å². The first-order chi connectivity index (χ1) is 16.5. The molecule has 182 valence electrons. The topological polar surface area (TPSA) is 53.9 Å². The summed E-state index contributed by atoms with van der Waals surface area (Å²) in [7, 11) is 2.08. The smallest absolute Gasteiger partial charge is 0.269 e.